The Balaban J connectivity index is 1.97. The van der Waals surface area contributed by atoms with E-state index in [0.29, 0.717) is 5.69 Å². The number of aromatic carboxylic acids is 1. The van der Waals surface area contributed by atoms with Gasteiger partial charge in [0.15, 0.2) is 0 Å². The Morgan fingerprint density at radius 1 is 1.15 bits per heavy atom. The van der Waals surface area contributed by atoms with E-state index in [0.717, 1.165) is 4.90 Å². The maximum Gasteiger partial charge on any atom is 0.337 e. The third-order valence-corrected chi connectivity index (χ3v) is 3.46. The van der Waals surface area contributed by atoms with Crippen LogP contribution in [0.4, 0.5) is 5.69 Å². The predicted octanol–water partition coefficient (Wildman–Crippen LogP) is 2.51. The molecule has 2 rings (SSSR count). The summed E-state index contributed by atoms with van der Waals surface area (Å²) in [7, 11) is 0. The fraction of sp³-hybridized carbons (Fsp3) is 0.0714. The highest BCUT2D eigenvalue weighted by molar-refractivity contribution is 8.00. The molecule has 2 aromatic rings. The molecule has 1 aromatic carbocycles. The Hall–Kier alpha value is -2.34. The molecule has 6 heteroatoms. The number of para-hydroxylation sites is 1. The first-order valence-electron chi connectivity index (χ1n) is 5.82. The van der Waals surface area contributed by atoms with Gasteiger partial charge in [0.1, 0.15) is 0 Å². The number of aromatic nitrogens is 1. The number of hydrogen-bond acceptors (Lipinski definition) is 4. The Morgan fingerprint density at radius 2 is 1.85 bits per heavy atom. The quantitative estimate of drug-likeness (QED) is 0.826. The minimum Gasteiger partial charge on any atom is -0.478 e. The molecule has 0 spiro atoms. The fourth-order valence-corrected chi connectivity index (χ4v) is 2.23. The zero-order valence-electron chi connectivity index (χ0n) is 10.4. The second kappa shape index (κ2) is 6.72. The van der Waals surface area contributed by atoms with Crippen molar-refractivity contribution in [1.82, 2.24) is 4.98 Å². The number of rotatable bonds is 5. The van der Waals surface area contributed by atoms with Crippen molar-refractivity contribution in [3.8, 4) is 0 Å². The van der Waals surface area contributed by atoms with E-state index in [9.17, 15) is 9.59 Å². The minimum atomic E-state index is -1.07. The smallest absolute Gasteiger partial charge is 0.337 e. The second-order valence-corrected chi connectivity index (χ2v) is 4.92. The third-order valence-electron chi connectivity index (χ3n) is 2.45. The van der Waals surface area contributed by atoms with Gasteiger partial charge in [-0.25, -0.2) is 4.79 Å². The molecular formula is C14H12N2O3S. The molecule has 20 heavy (non-hydrogen) atoms. The molecule has 0 aliphatic carbocycles. The molecule has 0 aliphatic heterocycles. The third kappa shape index (κ3) is 3.83. The van der Waals surface area contributed by atoms with Crippen LogP contribution in [0.15, 0.2) is 53.7 Å². The van der Waals surface area contributed by atoms with E-state index in [1.807, 2.05) is 12.1 Å². The lowest BCUT2D eigenvalue weighted by molar-refractivity contribution is -0.113. The summed E-state index contributed by atoms with van der Waals surface area (Å²) in [6.07, 6.45) is 3.31. The summed E-state index contributed by atoms with van der Waals surface area (Å²) in [5, 5.41) is 11.6. The maximum atomic E-state index is 11.8. The first-order chi connectivity index (χ1) is 9.66. The summed E-state index contributed by atoms with van der Waals surface area (Å²) in [6, 6.07) is 9.93. The molecule has 0 saturated carbocycles. The summed E-state index contributed by atoms with van der Waals surface area (Å²) in [5.74, 6) is -1.11. The van der Waals surface area contributed by atoms with Crippen molar-refractivity contribution in [2.24, 2.45) is 0 Å². The van der Waals surface area contributed by atoms with E-state index in [4.69, 9.17) is 5.11 Å². The number of benzene rings is 1. The SMILES string of the molecule is O=C(CSc1ccncc1)Nc1ccccc1C(=O)O. The predicted molar refractivity (Wildman–Crippen MR) is 77.0 cm³/mol. The minimum absolute atomic E-state index is 0.0785. The van der Waals surface area contributed by atoms with E-state index in [1.54, 1.807) is 30.6 Å². The van der Waals surface area contributed by atoms with Gasteiger partial charge in [0, 0.05) is 17.3 Å². The molecular weight excluding hydrogens is 276 g/mol. The lowest BCUT2D eigenvalue weighted by Crippen LogP contribution is -2.16. The topological polar surface area (TPSA) is 79.3 Å². The molecule has 2 N–H and O–H groups in total. The Kier molecular flexibility index (Phi) is 4.73. The summed E-state index contributed by atoms with van der Waals surface area (Å²) in [5.41, 5.74) is 0.384. The van der Waals surface area contributed by atoms with Gasteiger partial charge in [0.2, 0.25) is 5.91 Å². The van der Waals surface area contributed by atoms with Gasteiger partial charge in [-0.3, -0.25) is 9.78 Å². The highest BCUT2D eigenvalue weighted by Crippen LogP contribution is 2.18. The second-order valence-electron chi connectivity index (χ2n) is 3.87. The molecule has 0 saturated heterocycles. The van der Waals surface area contributed by atoms with E-state index in [1.165, 1.54) is 17.8 Å². The lowest BCUT2D eigenvalue weighted by atomic mass is 10.2. The van der Waals surface area contributed by atoms with Crippen LogP contribution in [0.2, 0.25) is 0 Å². The zero-order valence-corrected chi connectivity index (χ0v) is 11.3. The standard InChI is InChI=1S/C14H12N2O3S/c17-13(9-20-10-5-7-15-8-6-10)16-12-4-2-1-3-11(12)14(18)19/h1-8H,9H2,(H,16,17)(H,18,19). The number of amides is 1. The largest absolute Gasteiger partial charge is 0.478 e. The summed E-state index contributed by atoms with van der Waals surface area (Å²) in [6.45, 7) is 0. The van der Waals surface area contributed by atoms with Crippen molar-refractivity contribution in [1.29, 1.82) is 0 Å². The number of pyridine rings is 1. The number of carboxylic acid groups (broad SMARTS) is 1. The van der Waals surface area contributed by atoms with Gasteiger partial charge in [0.25, 0.3) is 0 Å². The number of anilines is 1. The monoisotopic (exact) mass is 288 g/mol. The fourth-order valence-electron chi connectivity index (χ4n) is 1.55. The van der Waals surface area contributed by atoms with Gasteiger partial charge >= 0.3 is 5.97 Å². The van der Waals surface area contributed by atoms with Crippen LogP contribution in [0.3, 0.4) is 0 Å². The van der Waals surface area contributed by atoms with Crippen LogP contribution in [0.25, 0.3) is 0 Å². The highest BCUT2D eigenvalue weighted by atomic mass is 32.2. The van der Waals surface area contributed by atoms with Gasteiger partial charge in [-0.05, 0) is 24.3 Å². The Morgan fingerprint density at radius 3 is 2.55 bits per heavy atom. The molecule has 1 aromatic heterocycles. The van der Waals surface area contributed by atoms with E-state index < -0.39 is 5.97 Å². The molecule has 0 aliphatic rings. The van der Waals surface area contributed by atoms with E-state index >= 15 is 0 Å². The molecule has 1 heterocycles. The summed E-state index contributed by atoms with van der Waals surface area (Å²) in [4.78, 5) is 27.7. The molecule has 1 amide bonds. The lowest BCUT2D eigenvalue weighted by Gasteiger charge is -2.08. The van der Waals surface area contributed by atoms with Gasteiger partial charge in [0.05, 0.1) is 17.0 Å². The average Bonchev–Trinajstić information content (AvgIpc) is 2.46. The highest BCUT2D eigenvalue weighted by Gasteiger charge is 2.11. The van der Waals surface area contributed by atoms with Crippen LogP contribution >= 0.6 is 11.8 Å². The van der Waals surface area contributed by atoms with Crippen molar-refractivity contribution >= 4 is 29.3 Å². The first kappa shape index (κ1) is 14.1. The van der Waals surface area contributed by atoms with Crippen LogP contribution in [0.1, 0.15) is 10.4 Å². The van der Waals surface area contributed by atoms with Crippen LogP contribution < -0.4 is 5.32 Å². The summed E-state index contributed by atoms with van der Waals surface area (Å²) >= 11 is 1.36. The van der Waals surface area contributed by atoms with Crippen molar-refractivity contribution in [3.05, 3.63) is 54.4 Å². The van der Waals surface area contributed by atoms with E-state index in [-0.39, 0.29) is 17.2 Å². The number of thioether (sulfide) groups is 1. The van der Waals surface area contributed by atoms with Gasteiger partial charge in [-0.1, -0.05) is 12.1 Å². The van der Waals surface area contributed by atoms with Gasteiger partial charge in [-0.2, -0.15) is 0 Å². The van der Waals surface area contributed by atoms with Gasteiger partial charge in [-0.15, -0.1) is 11.8 Å². The molecule has 0 atom stereocenters. The Bertz CT molecular complexity index is 617. The number of hydrogen-bond donors (Lipinski definition) is 2. The van der Waals surface area contributed by atoms with E-state index in [2.05, 4.69) is 10.3 Å². The van der Waals surface area contributed by atoms with Crippen LogP contribution in [0.5, 0.6) is 0 Å². The van der Waals surface area contributed by atoms with Gasteiger partial charge < -0.3 is 10.4 Å². The summed E-state index contributed by atoms with van der Waals surface area (Å²) < 4.78 is 0. The van der Waals surface area contributed by atoms with Crippen LogP contribution in [-0.2, 0) is 4.79 Å². The van der Waals surface area contributed by atoms with Crippen molar-refractivity contribution < 1.29 is 14.7 Å². The van der Waals surface area contributed by atoms with Crippen molar-refractivity contribution in [2.45, 2.75) is 4.90 Å². The average molecular weight is 288 g/mol. The molecule has 102 valence electrons. The van der Waals surface area contributed by atoms with Crippen LogP contribution in [0, 0.1) is 0 Å². The number of carboxylic acids is 1. The first-order valence-corrected chi connectivity index (χ1v) is 6.80. The molecule has 5 nitrogen and oxygen atoms in total. The normalized spacial score (nSPS) is 10.0. The molecule has 0 unspecified atom stereocenters. The number of nitrogens with one attached hydrogen (secondary N) is 1. The van der Waals surface area contributed by atoms with Crippen molar-refractivity contribution in [2.75, 3.05) is 11.1 Å². The maximum absolute atomic E-state index is 11.8. The zero-order chi connectivity index (χ0) is 14.4. The van der Waals surface area contributed by atoms with Crippen LogP contribution in [-0.4, -0.2) is 27.7 Å². The molecule has 0 fully saturated rings. The Labute approximate surface area is 120 Å². The number of carbonyl (C=O) groups is 2. The van der Waals surface area contributed by atoms with Crippen molar-refractivity contribution in [3.63, 3.8) is 0 Å². The number of nitrogens with zero attached hydrogens (tertiary/aromatic N) is 1. The molecule has 0 radical (unpaired) electrons. The number of carbonyl (C=O) groups excluding carboxylic acids is 1. The molecule has 0 bridgehead atoms.